The first kappa shape index (κ1) is 11.6. The monoisotopic (exact) mass is 331 g/mol. The first-order chi connectivity index (χ1) is 4.52. The topological polar surface area (TPSA) is 0 Å². The summed E-state index contributed by atoms with van der Waals surface area (Å²) < 4.78 is 0. The fourth-order valence-corrected chi connectivity index (χ4v) is 3.35. The molecule has 0 atom stereocenters. The fraction of sp³-hybridized carbons (Fsp3) is 0.556. The number of hydrogen-bond acceptors (Lipinski definition) is 0. The Morgan fingerprint density at radius 3 is 2.09 bits per heavy atom. The van der Waals surface area contributed by atoms with Gasteiger partial charge in [0.25, 0.3) is 0 Å². The van der Waals surface area contributed by atoms with Gasteiger partial charge in [0.05, 0.1) is 0 Å². The van der Waals surface area contributed by atoms with Gasteiger partial charge in [-0.05, 0) is 8.07 Å². The SMILES string of the molecule is CC1=[C-]CC=C1[Si](C)(C)C.[Hf]. The average molecular weight is 330 g/mol. The van der Waals surface area contributed by atoms with E-state index in [1.54, 1.807) is 5.20 Å². The first-order valence-corrected chi connectivity index (χ1v) is 7.30. The van der Waals surface area contributed by atoms with E-state index >= 15 is 0 Å². The first-order valence-electron chi connectivity index (χ1n) is 3.80. The molecule has 0 aromatic rings. The normalized spacial score (nSPS) is 17.1. The van der Waals surface area contributed by atoms with Crippen molar-refractivity contribution in [2.75, 3.05) is 0 Å². The Morgan fingerprint density at radius 2 is 1.91 bits per heavy atom. The van der Waals surface area contributed by atoms with Crippen molar-refractivity contribution in [3.8, 4) is 0 Å². The van der Waals surface area contributed by atoms with Crippen molar-refractivity contribution >= 4 is 8.07 Å². The third-order valence-corrected chi connectivity index (χ3v) is 4.08. The second kappa shape index (κ2) is 3.99. The van der Waals surface area contributed by atoms with Crippen LogP contribution in [0.5, 0.6) is 0 Å². The van der Waals surface area contributed by atoms with Crippen LogP contribution in [0.3, 0.4) is 0 Å². The van der Waals surface area contributed by atoms with Crippen LogP contribution in [0.15, 0.2) is 16.8 Å². The molecule has 0 radical (unpaired) electrons. The number of allylic oxidation sites excluding steroid dienone is 4. The second-order valence-electron chi connectivity index (χ2n) is 3.87. The van der Waals surface area contributed by atoms with Gasteiger partial charge in [0.15, 0.2) is 0 Å². The van der Waals surface area contributed by atoms with E-state index in [1.165, 1.54) is 5.57 Å². The van der Waals surface area contributed by atoms with Crippen LogP contribution in [-0.2, 0) is 25.8 Å². The van der Waals surface area contributed by atoms with Gasteiger partial charge in [0, 0.05) is 25.8 Å². The van der Waals surface area contributed by atoms with E-state index in [9.17, 15) is 0 Å². The maximum Gasteiger partial charge on any atom is 0 e. The maximum atomic E-state index is 3.33. The molecule has 0 saturated carbocycles. The largest absolute Gasteiger partial charge is 0.270 e. The molecule has 1 aliphatic rings. The minimum Gasteiger partial charge on any atom is -0.270 e. The number of hydrogen-bond donors (Lipinski definition) is 0. The molecule has 0 N–H and O–H groups in total. The molecule has 2 heteroatoms. The van der Waals surface area contributed by atoms with Crippen molar-refractivity contribution in [1.29, 1.82) is 0 Å². The van der Waals surface area contributed by atoms with Gasteiger partial charge < -0.3 is 0 Å². The van der Waals surface area contributed by atoms with Crippen LogP contribution in [0.2, 0.25) is 19.6 Å². The molecule has 0 amide bonds. The summed E-state index contributed by atoms with van der Waals surface area (Å²) in [6.45, 7) is 9.33. The van der Waals surface area contributed by atoms with Crippen LogP contribution in [0, 0.1) is 6.08 Å². The summed E-state index contributed by atoms with van der Waals surface area (Å²) in [4.78, 5) is 0. The van der Waals surface area contributed by atoms with Gasteiger partial charge in [0.2, 0.25) is 0 Å². The van der Waals surface area contributed by atoms with E-state index < -0.39 is 8.07 Å². The molecule has 1 rings (SSSR count). The minimum atomic E-state index is -1.03. The summed E-state index contributed by atoms with van der Waals surface area (Å²) in [6, 6.07) is 0. The second-order valence-corrected chi connectivity index (χ2v) is 8.91. The molecule has 0 aromatic carbocycles. The third-order valence-electron chi connectivity index (χ3n) is 1.89. The molecule has 11 heavy (non-hydrogen) atoms. The molecule has 0 aliphatic heterocycles. The van der Waals surface area contributed by atoms with Crippen molar-refractivity contribution in [3.05, 3.63) is 22.9 Å². The molecule has 0 aromatic heterocycles. The van der Waals surface area contributed by atoms with Crippen LogP contribution in [0.4, 0.5) is 0 Å². The van der Waals surface area contributed by atoms with Crippen molar-refractivity contribution < 1.29 is 25.8 Å². The molecule has 60 valence electrons. The molecule has 0 spiro atoms. The molecular weight excluding hydrogens is 315 g/mol. The van der Waals surface area contributed by atoms with E-state index in [0.717, 1.165) is 6.42 Å². The van der Waals surface area contributed by atoms with E-state index in [4.69, 9.17) is 0 Å². The van der Waals surface area contributed by atoms with Crippen molar-refractivity contribution in [3.63, 3.8) is 0 Å². The van der Waals surface area contributed by atoms with E-state index in [1.807, 2.05) is 0 Å². The predicted molar refractivity (Wildman–Crippen MR) is 48.5 cm³/mol. The van der Waals surface area contributed by atoms with Crippen molar-refractivity contribution in [2.24, 2.45) is 0 Å². The fourth-order valence-electron chi connectivity index (χ4n) is 1.42. The van der Waals surface area contributed by atoms with Gasteiger partial charge in [-0.1, -0.05) is 26.6 Å². The summed E-state index contributed by atoms with van der Waals surface area (Å²) in [5.74, 6) is 0. The molecule has 1 aliphatic carbocycles. The zero-order valence-corrected chi connectivity index (χ0v) is 12.4. The smallest absolute Gasteiger partial charge is 0 e. The van der Waals surface area contributed by atoms with Crippen LogP contribution >= 0.6 is 0 Å². The third kappa shape index (κ3) is 2.83. The molecule has 0 saturated heterocycles. The quantitative estimate of drug-likeness (QED) is 0.512. The standard InChI is InChI=1S/C9H15Si.Hf/c1-8-6-5-7-9(8)10(2,3)4;/h7H,5H2,1-4H3;/q-1;. The Bertz CT molecular complexity index is 196. The summed E-state index contributed by atoms with van der Waals surface area (Å²) in [7, 11) is -1.03. The van der Waals surface area contributed by atoms with E-state index in [-0.39, 0.29) is 25.8 Å². The van der Waals surface area contributed by atoms with Gasteiger partial charge in [-0.3, -0.25) is 6.08 Å². The Hall–Kier alpha value is 0.567. The van der Waals surface area contributed by atoms with Gasteiger partial charge in [-0.2, -0.15) is 6.08 Å². The molecule has 0 nitrogen and oxygen atoms in total. The minimum absolute atomic E-state index is 0. The molecular formula is C9H15HfSi-. The van der Waals surface area contributed by atoms with Crippen LogP contribution in [-0.4, -0.2) is 8.07 Å². The molecule has 0 fully saturated rings. The molecule has 0 heterocycles. The molecule has 0 bridgehead atoms. The molecule has 0 unspecified atom stereocenters. The van der Waals surface area contributed by atoms with E-state index in [2.05, 4.69) is 38.7 Å². The Labute approximate surface area is 89.6 Å². The Kier molecular flexibility index (Phi) is 4.20. The van der Waals surface area contributed by atoms with Crippen LogP contribution in [0.1, 0.15) is 13.3 Å². The van der Waals surface area contributed by atoms with Crippen LogP contribution in [0.25, 0.3) is 0 Å². The zero-order chi connectivity index (χ0) is 7.78. The maximum absolute atomic E-state index is 3.33. The van der Waals surface area contributed by atoms with Gasteiger partial charge in [-0.15, -0.1) is 6.42 Å². The average Bonchev–Trinajstić information content (AvgIpc) is 2.11. The van der Waals surface area contributed by atoms with Crippen LogP contribution < -0.4 is 0 Å². The van der Waals surface area contributed by atoms with Gasteiger partial charge >= 0.3 is 0 Å². The zero-order valence-electron chi connectivity index (χ0n) is 7.78. The Morgan fingerprint density at radius 1 is 1.36 bits per heavy atom. The van der Waals surface area contributed by atoms with Gasteiger partial charge in [0.1, 0.15) is 0 Å². The number of rotatable bonds is 1. The summed E-state index contributed by atoms with van der Waals surface area (Å²) >= 11 is 0. The summed E-state index contributed by atoms with van der Waals surface area (Å²) in [5, 5.41) is 1.60. The van der Waals surface area contributed by atoms with Gasteiger partial charge in [-0.25, -0.2) is 10.8 Å². The summed E-state index contributed by atoms with van der Waals surface area (Å²) in [6.07, 6.45) is 6.72. The van der Waals surface area contributed by atoms with E-state index in [0.29, 0.717) is 0 Å². The summed E-state index contributed by atoms with van der Waals surface area (Å²) in [5.41, 5.74) is 1.40. The predicted octanol–water partition coefficient (Wildman–Crippen LogP) is 2.94. The Balaban J connectivity index is 0.000001000. The van der Waals surface area contributed by atoms with Crippen molar-refractivity contribution in [2.45, 2.75) is 33.0 Å². The van der Waals surface area contributed by atoms with Crippen molar-refractivity contribution in [1.82, 2.24) is 0 Å².